The van der Waals surface area contributed by atoms with E-state index in [1.807, 2.05) is 0 Å². The zero-order valence-electron chi connectivity index (χ0n) is 15.4. The van der Waals surface area contributed by atoms with E-state index < -0.39 is 0 Å². The molecule has 1 aromatic heterocycles. The first-order chi connectivity index (χ1) is 12.1. The lowest BCUT2D eigenvalue weighted by atomic mass is 9.81. The van der Waals surface area contributed by atoms with Crippen LogP contribution in [-0.2, 0) is 17.6 Å². The van der Waals surface area contributed by atoms with Crippen molar-refractivity contribution in [2.45, 2.75) is 51.0 Å². The Kier molecular flexibility index (Phi) is 6.44. The Morgan fingerprint density at radius 1 is 1.24 bits per heavy atom. The molecular weight excluding hydrogens is 326 g/mol. The van der Waals surface area contributed by atoms with Gasteiger partial charge in [-0.1, -0.05) is 24.3 Å². The van der Waals surface area contributed by atoms with Crippen LogP contribution in [-0.4, -0.2) is 24.8 Å². The van der Waals surface area contributed by atoms with Gasteiger partial charge in [0.25, 0.3) is 0 Å². The fourth-order valence-electron chi connectivity index (χ4n) is 4.05. The number of benzene rings is 1. The Balaban J connectivity index is 1.44. The standard InChI is InChI=1S/C22H29NOS/c1-23(2)22(20-12-13-25-16-20)9-5-8-21(24)15-17-10-11-18-6-3-4-7-19(18)14-17/h3-4,6-7,12-13,16-17,22H,5,8-11,14-15H2,1-2H3/t17-,22-/m1/s1. The van der Waals surface area contributed by atoms with Crippen molar-refractivity contribution in [2.24, 2.45) is 5.92 Å². The highest BCUT2D eigenvalue weighted by Gasteiger charge is 2.21. The molecule has 0 aliphatic heterocycles. The summed E-state index contributed by atoms with van der Waals surface area (Å²) in [5, 5.41) is 4.36. The molecule has 0 saturated heterocycles. The highest BCUT2D eigenvalue weighted by atomic mass is 32.1. The highest BCUT2D eigenvalue weighted by Crippen LogP contribution is 2.29. The zero-order valence-corrected chi connectivity index (χ0v) is 16.2. The largest absolute Gasteiger partial charge is 0.302 e. The number of Topliss-reactive ketones (excluding diaryl/α,β-unsaturated/α-hetero) is 1. The van der Waals surface area contributed by atoms with Gasteiger partial charge in [-0.15, -0.1) is 0 Å². The van der Waals surface area contributed by atoms with E-state index in [2.05, 4.69) is 60.1 Å². The lowest BCUT2D eigenvalue weighted by Crippen LogP contribution is -2.20. The van der Waals surface area contributed by atoms with Gasteiger partial charge in [-0.05, 0) is 85.6 Å². The molecule has 0 radical (unpaired) electrons. The van der Waals surface area contributed by atoms with Crippen LogP contribution in [0, 0.1) is 5.92 Å². The molecule has 0 N–H and O–H groups in total. The van der Waals surface area contributed by atoms with Crippen molar-refractivity contribution in [3.63, 3.8) is 0 Å². The van der Waals surface area contributed by atoms with Gasteiger partial charge in [0.2, 0.25) is 0 Å². The van der Waals surface area contributed by atoms with Gasteiger partial charge in [-0.2, -0.15) is 11.3 Å². The fourth-order valence-corrected chi connectivity index (χ4v) is 4.76. The molecule has 3 rings (SSSR count). The number of fused-ring (bicyclic) bond motifs is 1. The summed E-state index contributed by atoms with van der Waals surface area (Å²) >= 11 is 1.75. The minimum Gasteiger partial charge on any atom is -0.302 e. The quantitative estimate of drug-likeness (QED) is 0.641. The molecule has 1 aromatic carbocycles. The third-order valence-corrected chi connectivity index (χ3v) is 6.15. The van der Waals surface area contributed by atoms with Crippen LogP contribution in [0.25, 0.3) is 0 Å². The van der Waals surface area contributed by atoms with Crippen LogP contribution in [0.4, 0.5) is 0 Å². The summed E-state index contributed by atoms with van der Waals surface area (Å²) in [5.74, 6) is 0.996. The first-order valence-electron chi connectivity index (χ1n) is 9.40. The zero-order chi connectivity index (χ0) is 17.6. The molecule has 0 spiro atoms. The number of rotatable bonds is 8. The number of aryl methyl sites for hydroxylation is 1. The van der Waals surface area contributed by atoms with Crippen LogP contribution in [0.2, 0.25) is 0 Å². The van der Waals surface area contributed by atoms with E-state index in [4.69, 9.17) is 0 Å². The second-order valence-electron chi connectivity index (χ2n) is 7.55. The second-order valence-corrected chi connectivity index (χ2v) is 8.33. The molecule has 0 fully saturated rings. The van der Waals surface area contributed by atoms with Crippen molar-refractivity contribution in [3.8, 4) is 0 Å². The van der Waals surface area contributed by atoms with E-state index in [9.17, 15) is 4.79 Å². The van der Waals surface area contributed by atoms with Crippen molar-refractivity contribution in [1.29, 1.82) is 0 Å². The van der Waals surface area contributed by atoms with Gasteiger partial charge >= 0.3 is 0 Å². The van der Waals surface area contributed by atoms with Gasteiger partial charge in [-0.3, -0.25) is 4.79 Å². The monoisotopic (exact) mass is 355 g/mol. The maximum Gasteiger partial charge on any atom is 0.133 e. The van der Waals surface area contributed by atoms with E-state index in [0.717, 1.165) is 44.9 Å². The maximum atomic E-state index is 12.4. The Morgan fingerprint density at radius 3 is 2.76 bits per heavy atom. The third kappa shape index (κ3) is 5.02. The summed E-state index contributed by atoms with van der Waals surface area (Å²) in [4.78, 5) is 14.7. The molecule has 2 atom stereocenters. The highest BCUT2D eigenvalue weighted by molar-refractivity contribution is 7.07. The molecule has 0 unspecified atom stereocenters. The van der Waals surface area contributed by atoms with Crippen LogP contribution in [0.1, 0.15) is 54.8 Å². The molecular formula is C22H29NOS. The van der Waals surface area contributed by atoms with Gasteiger partial charge in [-0.25, -0.2) is 0 Å². The van der Waals surface area contributed by atoms with E-state index in [1.165, 1.54) is 16.7 Å². The summed E-state index contributed by atoms with van der Waals surface area (Å²) < 4.78 is 0. The maximum absolute atomic E-state index is 12.4. The molecule has 0 saturated carbocycles. The predicted octanol–water partition coefficient (Wildman–Crippen LogP) is 5.29. The molecule has 1 aliphatic rings. The molecule has 2 nitrogen and oxygen atoms in total. The summed E-state index contributed by atoms with van der Waals surface area (Å²) in [7, 11) is 4.26. The summed E-state index contributed by atoms with van der Waals surface area (Å²) in [6, 6.07) is 11.3. The first-order valence-corrected chi connectivity index (χ1v) is 10.3. The van der Waals surface area contributed by atoms with Crippen LogP contribution in [0.3, 0.4) is 0 Å². The van der Waals surface area contributed by atoms with Gasteiger partial charge in [0.05, 0.1) is 0 Å². The summed E-state index contributed by atoms with van der Waals surface area (Å²) in [5.41, 5.74) is 4.32. The lowest BCUT2D eigenvalue weighted by Gasteiger charge is -2.25. The topological polar surface area (TPSA) is 20.3 Å². The van der Waals surface area contributed by atoms with Gasteiger partial charge in [0, 0.05) is 18.9 Å². The average molecular weight is 356 g/mol. The Bertz CT molecular complexity index is 677. The lowest BCUT2D eigenvalue weighted by molar-refractivity contribution is -0.120. The number of nitrogens with zero attached hydrogens (tertiary/aromatic N) is 1. The number of carbonyl (C=O) groups is 1. The van der Waals surface area contributed by atoms with E-state index in [1.54, 1.807) is 11.3 Å². The van der Waals surface area contributed by atoms with Crippen molar-refractivity contribution >= 4 is 17.1 Å². The Morgan fingerprint density at radius 2 is 2.04 bits per heavy atom. The number of thiophene rings is 1. The second kappa shape index (κ2) is 8.77. The number of ketones is 1. The van der Waals surface area contributed by atoms with Crippen LogP contribution in [0.5, 0.6) is 0 Å². The molecule has 3 heteroatoms. The SMILES string of the molecule is CN(C)[C@H](CCCC(=O)C[C@@H]1CCc2ccccc2C1)c1ccsc1. The van der Waals surface area contributed by atoms with Gasteiger partial charge in [0.1, 0.15) is 5.78 Å². The normalized spacial score (nSPS) is 18.1. The van der Waals surface area contributed by atoms with E-state index >= 15 is 0 Å². The first kappa shape index (κ1) is 18.3. The Labute approximate surface area is 155 Å². The smallest absolute Gasteiger partial charge is 0.133 e. The predicted molar refractivity (Wildman–Crippen MR) is 106 cm³/mol. The molecule has 0 amide bonds. The molecule has 2 aromatic rings. The molecule has 1 heterocycles. The van der Waals surface area contributed by atoms with Crippen molar-refractivity contribution in [2.75, 3.05) is 14.1 Å². The van der Waals surface area contributed by atoms with Crippen molar-refractivity contribution < 1.29 is 4.79 Å². The van der Waals surface area contributed by atoms with Crippen molar-refractivity contribution in [3.05, 3.63) is 57.8 Å². The van der Waals surface area contributed by atoms with Crippen LogP contribution in [0.15, 0.2) is 41.1 Å². The summed E-state index contributed by atoms with van der Waals surface area (Å²) in [6.45, 7) is 0. The third-order valence-electron chi connectivity index (χ3n) is 5.45. The molecule has 25 heavy (non-hydrogen) atoms. The van der Waals surface area contributed by atoms with Crippen LogP contribution < -0.4 is 0 Å². The summed E-state index contributed by atoms with van der Waals surface area (Å²) in [6.07, 6.45) is 6.92. The van der Waals surface area contributed by atoms with E-state index in [-0.39, 0.29) is 0 Å². The number of hydrogen-bond donors (Lipinski definition) is 0. The molecule has 134 valence electrons. The van der Waals surface area contributed by atoms with E-state index in [0.29, 0.717) is 17.7 Å². The molecule has 0 bridgehead atoms. The number of carbonyl (C=O) groups excluding carboxylic acids is 1. The average Bonchev–Trinajstić information content (AvgIpc) is 3.12. The van der Waals surface area contributed by atoms with Gasteiger partial charge in [0.15, 0.2) is 0 Å². The number of hydrogen-bond acceptors (Lipinski definition) is 3. The Hall–Kier alpha value is -1.45. The van der Waals surface area contributed by atoms with Crippen molar-refractivity contribution in [1.82, 2.24) is 4.90 Å². The van der Waals surface area contributed by atoms with Gasteiger partial charge < -0.3 is 4.90 Å². The van der Waals surface area contributed by atoms with Crippen LogP contribution >= 0.6 is 11.3 Å². The molecule has 1 aliphatic carbocycles. The fraction of sp³-hybridized carbons (Fsp3) is 0.500. The minimum absolute atomic E-state index is 0.431. The minimum atomic E-state index is 0.431.